The molecule has 1 amide bonds. The van der Waals surface area contributed by atoms with Crippen LogP contribution in [0.15, 0.2) is 18.3 Å². The molecule has 1 aliphatic heterocycles. The van der Waals surface area contributed by atoms with Crippen molar-refractivity contribution in [3.63, 3.8) is 0 Å². The van der Waals surface area contributed by atoms with E-state index in [9.17, 15) is 31.1 Å². The van der Waals surface area contributed by atoms with E-state index in [1.807, 2.05) is 0 Å². The van der Waals surface area contributed by atoms with Gasteiger partial charge in [-0.1, -0.05) is 0 Å². The number of carbonyl (C=O) groups excluding carboxylic acids is 1. The number of nitrogens with zero attached hydrogens (tertiary/aromatic N) is 2. The van der Waals surface area contributed by atoms with E-state index in [1.165, 1.54) is 4.90 Å². The fourth-order valence-electron chi connectivity index (χ4n) is 2.42. The second kappa shape index (κ2) is 10.3. The average Bonchev–Trinajstić information content (AvgIpc) is 2.54. The highest BCUT2D eigenvalue weighted by Gasteiger charge is 2.43. The maximum atomic E-state index is 13.2. The number of amides is 1. The third-order valence-electron chi connectivity index (χ3n) is 3.75. The highest BCUT2D eigenvalue weighted by atomic mass is 35.5. The molecule has 2 rings (SSSR count). The van der Waals surface area contributed by atoms with E-state index in [0.29, 0.717) is 25.4 Å². The summed E-state index contributed by atoms with van der Waals surface area (Å²) >= 11 is 0. The van der Waals surface area contributed by atoms with Gasteiger partial charge in [0.2, 0.25) is 0 Å². The third kappa shape index (κ3) is 7.32. The smallest absolute Gasteiger partial charge is 0.349 e. The van der Waals surface area contributed by atoms with Crippen LogP contribution in [0.2, 0.25) is 0 Å². The van der Waals surface area contributed by atoms with Gasteiger partial charge in [-0.15, -0.1) is 24.8 Å². The zero-order valence-electron chi connectivity index (χ0n) is 13.7. The minimum Gasteiger partial charge on any atom is -0.349 e. The van der Waals surface area contributed by atoms with Gasteiger partial charge in [0.1, 0.15) is 11.7 Å². The Kier molecular flexibility index (Phi) is 9.80. The number of hydrogen-bond donors (Lipinski definition) is 2. The molecule has 156 valence electrons. The lowest BCUT2D eigenvalue weighted by molar-refractivity contribution is -0.183. The van der Waals surface area contributed by atoms with Crippen LogP contribution < -0.4 is 10.6 Å². The lowest BCUT2D eigenvalue weighted by Gasteiger charge is -2.35. The fourth-order valence-corrected chi connectivity index (χ4v) is 2.42. The molecule has 0 aliphatic carbocycles. The molecule has 27 heavy (non-hydrogen) atoms. The molecule has 0 bridgehead atoms. The lowest BCUT2D eigenvalue weighted by Crippen LogP contribution is -2.57. The van der Waals surface area contributed by atoms with Gasteiger partial charge in [-0.25, -0.2) is 0 Å². The van der Waals surface area contributed by atoms with Crippen molar-refractivity contribution in [1.29, 1.82) is 0 Å². The van der Waals surface area contributed by atoms with Gasteiger partial charge in [0.15, 0.2) is 0 Å². The summed E-state index contributed by atoms with van der Waals surface area (Å²) in [6, 6.07) is -0.390. The van der Waals surface area contributed by atoms with E-state index in [-0.39, 0.29) is 43.6 Å². The number of carbonyl (C=O) groups is 1. The van der Waals surface area contributed by atoms with Crippen LogP contribution in [0.4, 0.5) is 26.3 Å². The van der Waals surface area contributed by atoms with Crippen LogP contribution in [-0.2, 0) is 6.18 Å². The van der Waals surface area contributed by atoms with Crippen molar-refractivity contribution in [2.24, 2.45) is 0 Å². The van der Waals surface area contributed by atoms with E-state index in [4.69, 9.17) is 0 Å². The van der Waals surface area contributed by atoms with Gasteiger partial charge in [0.05, 0.1) is 5.56 Å². The van der Waals surface area contributed by atoms with Crippen molar-refractivity contribution in [2.45, 2.75) is 18.4 Å². The Morgan fingerprint density at radius 2 is 1.74 bits per heavy atom. The second-order valence-corrected chi connectivity index (χ2v) is 5.48. The summed E-state index contributed by atoms with van der Waals surface area (Å²) in [5.41, 5.74) is -1.42. The predicted molar refractivity (Wildman–Crippen MR) is 90.4 cm³/mol. The zero-order chi connectivity index (χ0) is 18.7. The first-order valence-corrected chi connectivity index (χ1v) is 7.42. The Morgan fingerprint density at radius 3 is 2.19 bits per heavy atom. The Hall–Kier alpha value is -1.30. The van der Waals surface area contributed by atoms with E-state index in [2.05, 4.69) is 15.6 Å². The van der Waals surface area contributed by atoms with E-state index >= 15 is 0 Å². The van der Waals surface area contributed by atoms with Crippen molar-refractivity contribution < 1.29 is 31.1 Å². The highest BCUT2D eigenvalue weighted by molar-refractivity contribution is 5.92. The van der Waals surface area contributed by atoms with Gasteiger partial charge in [0, 0.05) is 38.9 Å². The Bertz CT molecular complexity index is 591. The molecule has 1 saturated heterocycles. The first-order chi connectivity index (χ1) is 11.6. The number of alkyl halides is 6. The predicted octanol–water partition coefficient (Wildman–Crippen LogP) is 2.51. The normalized spacial score (nSPS) is 16.7. The molecule has 5 nitrogen and oxygen atoms in total. The molecular weight excluding hydrogens is 425 g/mol. The first kappa shape index (κ1) is 25.7. The van der Waals surface area contributed by atoms with Crippen molar-refractivity contribution in [1.82, 2.24) is 20.5 Å². The lowest BCUT2D eigenvalue weighted by atomic mass is 10.2. The second-order valence-electron chi connectivity index (χ2n) is 5.48. The molecule has 13 heteroatoms. The summed E-state index contributed by atoms with van der Waals surface area (Å²) in [6.07, 6.45) is -8.68. The molecule has 0 radical (unpaired) electrons. The van der Waals surface area contributed by atoms with Gasteiger partial charge in [-0.2, -0.15) is 26.3 Å². The highest BCUT2D eigenvalue weighted by Crippen LogP contribution is 2.28. The number of pyridine rings is 1. The molecule has 1 aliphatic rings. The maximum Gasteiger partial charge on any atom is 0.417 e. The number of piperazine rings is 1. The van der Waals surface area contributed by atoms with E-state index in [1.54, 1.807) is 0 Å². The minimum absolute atomic E-state index is 0. The van der Waals surface area contributed by atoms with Gasteiger partial charge in [-0.3, -0.25) is 14.7 Å². The molecule has 0 spiro atoms. The summed E-state index contributed by atoms with van der Waals surface area (Å²) in [4.78, 5) is 16.4. The standard InChI is InChI=1S/C14H16F6N4O.2ClH/c15-13(16,17)9-1-2-10(22-7-9)12(25)23-8-11(14(18,19)20)24-5-3-21-4-6-24;;/h1-2,7,11,21H,3-6,8H2,(H,23,25);2*1H. The van der Waals surface area contributed by atoms with Crippen LogP contribution in [0.3, 0.4) is 0 Å². The Labute approximate surface area is 163 Å². The molecule has 1 unspecified atom stereocenters. The van der Waals surface area contributed by atoms with Crippen LogP contribution >= 0.6 is 24.8 Å². The van der Waals surface area contributed by atoms with Gasteiger partial charge < -0.3 is 10.6 Å². The monoisotopic (exact) mass is 442 g/mol. The van der Waals surface area contributed by atoms with Crippen LogP contribution in [0.25, 0.3) is 0 Å². The Balaban J connectivity index is 0.00000338. The summed E-state index contributed by atoms with van der Waals surface area (Å²) in [5, 5.41) is 5.03. The molecule has 1 aromatic rings. The summed E-state index contributed by atoms with van der Waals surface area (Å²) < 4.78 is 76.9. The summed E-state index contributed by atoms with van der Waals surface area (Å²) in [5.74, 6) is -0.960. The largest absolute Gasteiger partial charge is 0.417 e. The quantitative estimate of drug-likeness (QED) is 0.703. The maximum absolute atomic E-state index is 13.2. The molecule has 2 N–H and O–H groups in total. The number of aromatic nitrogens is 1. The fraction of sp³-hybridized carbons (Fsp3) is 0.571. The van der Waals surface area contributed by atoms with Gasteiger partial charge in [0.25, 0.3) is 5.91 Å². The summed E-state index contributed by atoms with van der Waals surface area (Å²) in [6.45, 7) is 0.462. The molecular formula is C14H18Cl2F6N4O. The molecule has 0 saturated carbocycles. The SMILES string of the molecule is Cl.Cl.O=C(NCC(N1CCNCC1)C(F)(F)F)c1ccc(C(F)(F)F)cn1. The van der Waals surface area contributed by atoms with Crippen LogP contribution in [0.1, 0.15) is 16.1 Å². The zero-order valence-corrected chi connectivity index (χ0v) is 15.4. The molecule has 1 aromatic heterocycles. The van der Waals surface area contributed by atoms with Crippen LogP contribution in [-0.4, -0.2) is 60.7 Å². The number of rotatable bonds is 4. The van der Waals surface area contributed by atoms with Crippen molar-refractivity contribution >= 4 is 30.7 Å². The topological polar surface area (TPSA) is 57.3 Å². The van der Waals surface area contributed by atoms with Crippen molar-refractivity contribution in [3.8, 4) is 0 Å². The van der Waals surface area contributed by atoms with Gasteiger partial charge in [-0.05, 0) is 12.1 Å². The van der Waals surface area contributed by atoms with Crippen molar-refractivity contribution in [3.05, 3.63) is 29.6 Å². The first-order valence-electron chi connectivity index (χ1n) is 7.42. The van der Waals surface area contributed by atoms with Crippen LogP contribution in [0, 0.1) is 0 Å². The summed E-state index contributed by atoms with van der Waals surface area (Å²) in [7, 11) is 0. The molecule has 0 aromatic carbocycles. The third-order valence-corrected chi connectivity index (χ3v) is 3.75. The number of nitrogens with one attached hydrogen (secondary N) is 2. The number of halogens is 8. The van der Waals surface area contributed by atoms with E-state index in [0.717, 1.165) is 6.07 Å². The van der Waals surface area contributed by atoms with E-state index < -0.39 is 36.4 Å². The molecule has 2 heterocycles. The van der Waals surface area contributed by atoms with Gasteiger partial charge >= 0.3 is 12.4 Å². The molecule has 1 atom stereocenters. The van der Waals surface area contributed by atoms with Crippen molar-refractivity contribution in [2.75, 3.05) is 32.7 Å². The number of hydrogen-bond acceptors (Lipinski definition) is 4. The minimum atomic E-state index is -4.61. The molecule has 1 fully saturated rings. The Morgan fingerprint density at radius 1 is 1.15 bits per heavy atom. The average molecular weight is 443 g/mol. The van der Waals surface area contributed by atoms with Crippen LogP contribution in [0.5, 0.6) is 0 Å².